The van der Waals surface area contributed by atoms with Gasteiger partial charge in [0, 0.05) is 6.42 Å². The Morgan fingerprint density at radius 2 is 1.92 bits per heavy atom. The Bertz CT molecular complexity index is 211. The molecule has 0 saturated heterocycles. The fourth-order valence-corrected chi connectivity index (χ4v) is 0.807. The van der Waals surface area contributed by atoms with Crippen LogP contribution in [0.25, 0.3) is 0 Å². The maximum absolute atomic E-state index is 5.39. The van der Waals surface area contributed by atoms with Gasteiger partial charge in [0.1, 0.15) is 0 Å². The molecular weight excluding hydrogens is 144 g/mol. The first kappa shape index (κ1) is 11.1. The van der Waals surface area contributed by atoms with Gasteiger partial charge in [0.25, 0.3) is 0 Å². The van der Waals surface area contributed by atoms with Crippen LogP contribution in [-0.4, -0.2) is 0 Å². The molecule has 0 radical (unpaired) electrons. The lowest BCUT2D eigenvalue weighted by molar-refractivity contribution is 0.362. The maximum atomic E-state index is 5.39. The molecule has 1 atom stereocenters. The van der Waals surface area contributed by atoms with Gasteiger partial charge in [-0.15, -0.1) is 12.3 Å². The normalized spacial score (nSPS) is 12.6. The van der Waals surface area contributed by atoms with E-state index in [-0.39, 0.29) is 11.3 Å². The average Bonchev–Trinajstić information content (AvgIpc) is 1.95. The van der Waals surface area contributed by atoms with Crippen molar-refractivity contribution in [3.63, 3.8) is 0 Å². The fourth-order valence-electron chi connectivity index (χ4n) is 0.807. The van der Waals surface area contributed by atoms with E-state index in [9.17, 15) is 0 Å². The van der Waals surface area contributed by atoms with Gasteiger partial charge in [-0.2, -0.15) is 0 Å². The molecule has 0 aromatic carbocycles. The highest BCUT2D eigenvalue weighted by Crippen LogP contribution is 2.24. The molecule has 0 N–H and O–H groups in total. The van der Waals surface area contributed by atoms with Gasteiger partial charge < -0.3 is 0 Å². The largest absolute Gasteiger partial charge is 0.119 e. The van der Waals surface area contributed by atoms with Gasteiger partial charge in [-0.05, 0) is 11.8 Å². The van der Waals surface area contributed by atoms with Crippen LogP contribution in [0, 0.1) is 35.5 Å². The molecule has 0 fully saturated rings. The molecule has 0 aromatic rings. The quantitative estimate of drug-likeness (QED) is 0.520. The SMILES string of the molecule is C#CC(C#CCCC)C(C)(C)C. The highest BCUT2D eigenvalue weighted by Gasteiger charge is 2.19. The summed E-state index contributed by atoms with van der Waals surface area (Å²) in [5.74, 6) is 9.04. The van der Waals surface area contributed by atoms with Gasteiger partial charge in [0.15, 0.2) is 0 Å². The summed E-state index contributed by atoms with van der Waals surface area (Å²) in [6, 6.07) is 0. The predicted molar refractivity (Wildman–Crippen MR) is 54.5 cm³/mol. The van der Waals surface area contributed by atoms with Crippen LogP contribution >= 0.6 is 0 Å². The first-order valence-corrected chi connectivity index (χ1v) is 4.47. The minimum Gasteiger partial charge on any atom is -0.119 e. The second kappa shape index (κ2) is 4.89. The molecule has 0 aliphatic rings. The van der Waals surface area contributed by atoms with Crippen molar-refractivity contribution >= 4 is 0 Å². The third-order valence-electron chi connectivity index (χ3n) is 1.65. The molecule has 0 nitrogen and oxygen atoms in total. The number of unbranched alkanes of at least 4 members (excludes halogenated alkanes) is 1. The smallest absolute Gasteiger partial charge is 0.0856 e. The molecule has 66 valence electrons. The monoisotopic (exact) mass is 162 g/mol. The van der Waals surface area contributed by atoms with E-state index in [2.05, 4.69) is 45.5 Å². The summed E-state index contributed by atoms with van der Waals surface area (Å²) in [5, 5.41) is 0. The molecule has 12 heavy (non-hydrogen) atoms. The van der Waals surface area contributed by atoms with Crippen molar-refractivity contribution in [2.45, 2.75) is 40.5 Å². The van der Waals surface area contributed by atoms with E-state index in [1.54, 1.807) is 0 Å². The summed E-state index contributed by atoms with van der Waals surface area (Å²) in [4.78, 5) is 0. The number of rotatable bonds is 1. The van der Waals surface area contributed by atoms with Crippen LogP contribution in [0.3, 0.4) is 0 Å². The Kier molecular flexibility index (Phi) is 4.53. The van der Waals surface area contributed by atoms with Crippen LogP contribution < -0.4 is 0 Å². The van der Waals surface area contributed by atoms with Crippen LogP contribution in [0.4, 0.5) is 0 Å². The Labute approximate surface area is 76.8 Å². The lowest BCUT2D eigenvalue weighted by atomic mass is 9.82. The first-order valence-electron chi connectivity index (χ1n) is 4.47. The van der Waals surface area contributed by atoms with Gasteiger partial charge in [-0.25, -0.2) is 0 Å². The van der Waals surface area contributed by atoms with E-state index in [1.165, 1.54) is 0 Å². The topological polar surface area (TPSA) is 0 Å². The van der Waals surface area contributed by atoms with Gasteiger partial charge in [0.05, 0.1) is 5.92 Å². The second-order valence-electron chi connectivity index (χ2n) is 4.04. The highest BCUT2D eigenvalue weighted by atomic mass is 14.2. The summed E-state index contributed by atoms with van der Waals surface area (Å²) in [6.45, 7) is 8.49. The van der Waals surface area contributed by atoms with Gasteiger partial charge >= 0.3 is 0 Å². The molecule has 0 aliphatic carbocycles. The van der Waals surface area contributed by atoms with Crippen molar-refractivity contribution in [1.29, 1.82) is 0 Å². The molecule has 0 rings (SSSR count). The minimum absolute atomic E-state index is 0.0871. The zero-order valence-electron chi connectivity index (χ0n) is 8.57. The standard InChI is InChI=1S/C12H18/c1-6-8-9-10-11(7-2)12(3,4)5/h2,11H,6,8H2,1,3-5H3. The number of hydrogen-bond donors (Lipinski definition) is 0. The Hall–Kier alpha value is -0.880. The Balaban J connectivity index is 4.24. The molecule has 0 aliphatic heterocycles. The molecule has 0 spiro atoms. The summed E-state index contributed by atoms with van der Waals surface area (Å²) >= 11 is 0. The second-order valence-corrected chi connectivity index (χ2v) is 4.04. The molecule has 0 aromatic heterocycles. The van der Waals surface area contributed by atoms with Gasteiger partial charge in [0.2, 0.25) is 0 Å². The molecule has 0 saturated carbocycles. The fraction of sp³-hybridized carbons (Fsp3) is 0.667. The van der Waals surface area contributed by atoms with E-state index in [4.69, 9.17) is 6.42 Å². The number of terminal acetylenes is 1. The average molecular weight is 162 g/mol. The summed E-state index contributed by atoms with van der Waals surface area (Å²) in [6.07, 6.45) is 7.45. The third kappa shape index (κ3) is 4.09. The molecule has 0 heteroatoms. The van der Waals surface area contributed by atoms with Crippen LogP contribution in [0.2, 0.25) is 0 Å². The van der Waals surface area contributed by atoms with Crippen molar-refractivity contribution in [1.82, 2.24) is 0 Å². The van der Waals surface area contributed by atoms with E-state index < -0.39 is 0 Å². The maximum Gasteiger partial charge on any atom is 0.0856 e. The van der Waals surface area contributed by atoms with Crippen LogP contribution in [-0.2, 0) is 0 Å². The van der Waals surface area contributed by atoms with Crippen LogP contribution in [0.15, 0.2) is 0 Å². The third-order valence-corrected chi connectivity index (χ3v) is 1.65. The molecule has 0 heterocycles. The zero-order valence-corrected chi connectivity index (χ0v) is 8.57. The van der Waals surface area contributed by atoms with E-state index in [1.807, 2.05) is 0 Å². The molecular formula is C12H18. The summed E-state index contributed by atoms with van der Waals surface area (Å²) in [7, 11) is 0. The highest BCUT2D eigenvalue weighted by molar-refractivity contribution is 5.17. The van der Waals surface area contributed by atoms with E-state index >= 15 is 0 Å². The van der Waals surface area contributed by atoms with E-state index in [0.29, 0.717) is 0 Å². The lowest BCUT2D eigenvalue weighted by Gasteiger charge is -2.21. The zero-order chi connectivity index (χ0) is 9.61. The van der Waals surface area contributed by atoms with Crippen LogP contribution in [0.1, 0.15) is 40.5 Å². The van der Waals surface area contributed by atoms with Gasteiger partial charge in [-0.3, -0.25) is 0 Å². The minimum atomic E-state index is 0.0871. The molecule has 1 unspecified atom stereocenters. The molecule has 0 bridgehead atoms. The predicted octanol–water partition coefficient (Wildman–Crippen LogP) is 3.09. The number of hydrogen-bond acceptors (Lipinski definition) is 0. The Morgan fingerprint density at radius 3 is 2.25 bits per heavy atom. The van der Waals surface area contributed by atoms with Gasteiger partial charge in [-0.1, -0.05) is 39.5 Å². The van der Waals surface area contributed by atoms with Crippen molar-refractivity contribution in [2.24, 2.45) is 11.3 Å². The van der Waals surface area contributed by atoms with Crippen molar-refractivity contribution in [2.75, 3.05) is 0 Å². The first-order chi connectivity index (χ1) is 5.52. The van der Waals surface area contributed by atoms with Crippen molar-refractivity contribution in [3.05, 3.63) is 0 Å². The van der Waals surface area contributed by atoms with E-state index in [0.717, 1.165) is 12.8 Å². The Morgan fingerprint density at radius 1 is 1.33 bits per heavy atom. The lowest BCUT2D eigenvalue weighted by Crippen LogP contribution is -2.16. The summed E-state index contributed by atoms with van der Waals surface area (Å²) < 4.78 is 0. The van der Waals surface area contributed by atoms with Crippen molar-refractivity contribution in [3.8, 4) is 24.2 Å². The molecule has 0 amide bonds. The summed E-state index contributed by atoms with van der Waals surface area (Å²) in [5.41, 5.74) is 0.107. The van der Waals surface area contributed by atoms with Crippen molar-refractivity contribution < 1.29 is 0 Å². The van der Waals surface area contributed by atoms with Crippen LogP contribution in [0.5, 0.6) is 0 Å².